The molecule has 0 fully saturated rings. The van der Waals surface area contributed by atoms with E-state index in [-0.39, 0.29) is 25.7 Å². The molecule has 0 heterocycles. The van der Waals surface area contributed by atoms with Crippen LogP contribution in [0.15, 0.2) is 0 Å². The first-order chi connectivity index (χ1) is 49.9. The van der Waals surface area contributed by atoms with Gasteiger partial charge in [-0.1, -0.05) is 395 Å². The Kier molecular flexibility index (Phi) is 74.1. The molecular formula is C84H164O17P2. The maximum atomic E-state index is 13.1. The molecule has 0 aromatic heterocycles. The van der Waals surface area contributed by atoms with Gasteiger partial charge in [-0.05, 0) is 37.5 Å². The van der Waals surface area contributed by atoms with Crippen LogP contribution < -0.4 is 0 Å². The van der Waals surface area contributed by atoms with Crippen LogP contribution in [0.5, 0.6) is 0 Å². The van der Waals surface area contributed by atoms with Gasteiger partial charge < -0.3 is 33.8 Å². The smallest absolute Gasteiger partial charge is 0.462 e. The number of carbonyl (C=O) groups is 4. The molecule has 0 aliphatic rings. The van der Waals surface area contributed by atoms with Crippen LogP contribution >= 0.6 is 15.6 Å². The number of aliphatic hydroxyl groups excluding tert-OH is 1. The predicted octanol–water partition coefficient (Wildman–Crippen LogP) is 25.5. The highest BCUT2D eigenvalue weighted by Crippen LogP contribution is 2.45. The standard InChI is InChI=1S/C84H164O17P2/c1-7-10-12-14-16-18-20-22-24-25-26-27-28-29-30-32-34-36-43-50-56-62-68-83(88)100-79(72-94-81(86)66-60-54-48-42-35-33-31-23-21-19-17-15-13-11-8-2)74-98-102(90,91)96-70-78(85)71-97-103(92,93)99-75-80(73-95-82(87)67-61-55-49-45-39-40-46-52-58-64-76(4)5)101-84(89)69-63-57-51-44-38-37-41-47-53-59-65-77(6)9-3/h76-80,85H,7-75H2,1-6H3,(H,90,91)(H,92,93)/t77?,78-,79-,80-/m1/s1. The Morgan fingerprint density at radius 3 is 0.738 bits per heavy atom. The zero-order chi connectivity index (χ0) is 75.6. The van der Waals surface area contributed by atoms with Crippen LogP contribution in [0.25, 0.3) is 0 Å². The lowest BCUT2D eigenvalue weighted by Crippen LogP contribution is -2.30. The van der Waals surface area contributed by atoms with Gasteiger partial charge in [0, 0.05) is 25.7 Å². The maximum Gasteiger partial charge on any atom is 0.472 e. The second-order valence-corrected chi connectivity index (χ2v) is 33.8. The molecule has 0 aromatic carbocycles. The largest absolute Gasteiger partial charge is 0.472 e. The Morgan fingerprint density at radius 2 is 0.495 bits per heavy atom. The second kappa shape index (κ2) is 75.5. The Bertz CT molecular complexity index is 1980. The van der Waals surface area contributed by atoms with Crippen LogP contribution in [-0.2, 0) is 65.4 Å². The lowest BCUT2D eigenvalue weighted by Gasteiger charge is -2.21. The van der Waals surface area contributed by atoms with Gasteiger partial charge >= 0.3 is 39.5 Å². The van der Waals surface area contributed by atoms with E-state index >= 15 is 0 Å². The van der Waals surface area contributed by atoms with Crippen LogP contribution in [0.2, 0.25) is 0 Å². The van der Waals surface area contributed by atoms with Crippen LogP contribution in [0.3, 0.4) is 0 Å². The number of carbonyl (C=O) groups excluding carboxylic acids is 4. The summed E-state index contributed by atoms with van der Waals surface area (Å²) in [6.45, 7) is 9.66. The number of hydrogen-bond acceptors (Lipinski definition) is 15. The zero-order valence-corrected chi connectivity index (χ0v) is 69.4. The Morgan fingerprint density at radius 1 is 0.282 bits per heavy atom. The van der Waals surface area contributed by atoms with Gasteiger partial charge in [0.25, 0.3) is 0 Å². The zero-order valence-electron chi connectivity index (χ0n) is 67.6. The van der Waals surface area contributed by atoms with E-state index in [1.165, 1.54) is 263 Å². The van der Waals surface area contributed by atoms with Crippen LogP contribution in [-0.4, -0.2) is 96.7 Å². The normalized spacial score (nSPS) is 14.1. The SMILES string of the molecule is CCCCCCCCCCCCCCCCCCCCCCCCC(=O)O[C@H](COC(=O)CCCCCCCCCCCCCCCCC)COP(=O)(O)OC[C@@H](O)COP(=O)(O)OC[C@@H](COC(=O)CCCCCCCCCCCC(C)C)OC(=O)CCCCCCCCCCCCC(C)CC. The number of rotatable bonds is 83. The summed E-state index contributed by atoms with van der Waals surface area (Å²) in [5.41, 5.74) is 0. The number of phosphoric acid groups is 2. The van der Waals surface area contributed by atoms with Crippen molar-refractivity contribution in [3.05, 3.63) is 0 Å². The number of phosphoric ester groups is 2. The minimum absolute atomic E-state index is 0.106. The van der Waals surface area contributed by atoms with Gasteiger partial charge in [0.15, 0.2) is 12.2 Å². The van der Waals surface area contributed by atoms with Crippen molar-refractivity contribution in [3.8, 4) is 0 Å². The fourth-order valence-corrected chi connectivity index (χ4v) is 14.6. The molecule has 0 saturated carbocycles. The summed E-state index contributed by atoms with van der Waals surface area (Å²) in [4.78, 5) is 73.2. The van der Waals surface area contributed by atoms with E-state index in [0.29, 0.717) is 25.7 Å². The minimum atomic E-state index is -4.96. The first kappa shape index (κ1) is 101. The molecule has 6 atom stereocenters. The Labute approximate surface area is 632 Å². The van der Waals surface area contributed by atoms with Gasteiger partial charge in [-0.2, -0.15) is 0 Å². The average molecular weight is 1510 g/mol. The summed E-state index contributed by atoms with van der Waals surface area (Å²) in [6.07, 6.45) is 66.6. The molecule has 3 unspecified atom stereocenters. The molecule has 0 saturated heterocycles. The minimum Gasteiger partial charge on any atom is -0.462 e. The van der Waals surface area contributed by atoms with Gasteiger partial charge in [-0.25, -0.2) is 9.13 Å². The molecule has 0 amide bonds. The summed E-state index contributed by atoms with van der Waals surface area (Å²) >= 11 is 0. The van der Waals surface area contributed by atoms with E-state index in [9.17, 15) is 43.2 Å². The molecule has 19 heteroatoms. The van der Waals surface area contributed by atoms with E-state index in [0.717, 1.165) is 102 Å². The van der Waals surface area contributed by atoms with E-state index < -0.39 is 97.5 Å². The van der Waals surface area contributed by atoms with E-state index in [1.807, 2.05) is 0 Å². The molecule has 0 radical (unpaired) electrons. The van der Waals surface area contributed by atoms with Crippen molar-refractivity contribution >= 4 is 39.5 Å². The first-order valence-corrected chi connectivity index (χ1v) is 46.5. The summed E-state index contributed by atoms with van der Waals surface area (Å²) in [7, 11) is -9.93. The monoisotopic (exact) mass is 1510 g/mol. The molecule has 103 heavy (non-hydrogen) atoms. The molecule has 0 rings (SSSR count). The van der Waals surface area contributed by atoms with Gasteiger partial charge in [0.2, 0.25) is 0 Å². The van der Waals surface area contributed by atoms with Crippen LogP contribution in [0.4, 0.5) is 0 Å². The van der Waals surface area contributed by atoms with E-state index in [4.69, 9.17) is 37.0 Å². The molecule has 3 N–H and O–H groups in total. The lowest BCUT2D eigenvalue weighted by atomic mass is 9.99. The number of hydrogen-bond donors (Lipinski definition) is 3. The van der Waals surface area contributed by atoms with Crippen molar-refractivity contribution < 1.29 is 80.2 Å². The first-order valence-electron chi connectivity index (χ1n) is 43.5. The quantitative estimate of drug-likeness (QED) is 0.0222. The second-order valence-electron chi connectivity index (χ2n) is 30.9. The van der Waals surface area contributed by atoms with Crippen LogP contribution in [0.1, 0.15) is 446 Å². The number of unbranched alkanes of at least 4 members (excludes halogenated alkanes) is 52. The van der Waals surface area contributed by atoms with Gasteiger partial charge in [-0.15, -0.1) is 0 Å². The molecule has 0 aromatic rings. The molecule has 17 nitrogen and oxygen atoms in total. The maximum absolute atomic E-state index is 13.1. The van der Waals surface area contributed by atoms with Crippen molar-refractivity contribution in [2.75, 3.05) is 39.6 Å². The average Bonchev–Trinajstić information content (AvgIpc) is 0.930. The third-order valence-electron chi connectivity index (χ3n) is 20.1. The topological polar surface area (TPSA) is 237 Å². The highest BCUT2D eigenvalue weighted by molar-refractivity contribution is 7.47. The fourth-order valence-electron chi connectivity index (χ4n) is 13.0. The number of aliphatic hydroxyl groups is 1. The highest BCUT2D eigenvalue weighted by atomic mass is 31.2. The third kappa shape index (κ3) is 76.6. The van der Waals surface area contributed by atoms with Crippen molar-refractivity contribution in [1.29, 1.82) is 0 Å². The van der Waals surface area contributed by atoms with Crippen LogP contribution in [0, 0.1) is 11.8 Å². The van der Waals surface area contributed by atoms with Gasteiger partial charge in [0.05, 0.1) is 26.4 Å². The number of esters is 4. The molecular weight excluding hydrogens is 1340 g/mol. The molecule has 0 aliphatic carbocycles. The van der Waals surface area contributed by atoms with Crippen molar-refractivity contribution in [1.82, 2.24) is 0 Å². The van der Waals surface area contributed by atoms with Gasteiger partial charge in [0.1, 0.15) is 19.3 Å². The van der Waals surface area contributed by atoms with Crippen molar-refractivity contribution in [3.63, 3.8) is 0 Å². The third-order valence-corrected chi connectivity index (χ3v) is 22.0. The fraction of sp³-hybridized carbons (Fsp3) is 0.952. The number of ether oxygens (including phenoxy) is 4. The van der Waals surface area contributed by atoms with Crippen molar-refractivity contribution in [2.45, 2.75) is 464 Å². The summed E-state index contributed by atoms with van der Waals surface area (Å²) < 4.78 is 68.8. The highest BCUT2D eigenvalue weighted by Gasteiger charge is 2.30. The molecule has 0 bridgehead atoms. The molecule has 0 spiro atoms. The Hall–Kier alpha value is -1.94. The van der Waals surface area contributed by atoms with E-state index in [2.05, 4.69) is 41.5 Å². The Balaban J connectivity index is 5.23. The summed E-state index contributed by atoms with van der Waals surface area (Å²) in [5.74, 6) is -0.559. The van der Waals surface area contributed by atoms with E-state index in [1.54, 1.807) is 0 Å². The predicted molar refractivity (Wildman–Crippen MR) is 423 cm³/mol. The lowest BCUT2D eigenvalue weighted by molar-refractivity contribution is -0.161. The molecule has 612 valence electrons. The van der Waals surface area contributed by atoms with Gasteiger partial charge in [-0.3, -0.25) is 37.3 Å². The summed E-state index contributed by atoms with van der Waals surface area (Å²) in [6, 6.07) is 0. The summed E-state index contributed by atoms with van der Waals surface area (Å²) in [5, 5.41) is 10.7. The molecule has 0 aliphatic heterocycles. The van der Waals surface area contributed by atoms with Crippen molar-refractivity contribution in [2.24, 2.45) is 11.8 Å².